The van der Waals surface area contributed by atoms with Crippen LogP contribution in [0.15, 0.2) is 73.1 Å². The molecule has 3 heterocycles. The van der Waals surface area contributed by atoms with Gasteiger partial charge in [0.2, 0.25) is 5.88 Å². The number of hydrogen-bond donors (Lipinski definition) is 3. The number of pyridine rings is 2. The quantitative estimate of drug-likeness (QED) is 0.240. The molecule has 5 N–H and O–H groups in total. The van der Waals surface area contributed by atoms with Crippen LogP contribution in [0.2, 0.25) is 0 Å². The fourth-order valence-electron chi connectivity index (χ4n) is 5.71. The first-order valence-electron chi connectivity index (χ1n) is 15.1. The van der Waals surface area contributed by atoms with Gasteiger partial charge in [0.1, 0.15) is 11.6 Å². The standard InChI is InChI=1S/C34H38FN7O3/c1-3-25-21-41(34(44)27-9-8-24(35)20-28(27)23-11-14-38-31(37)19-23)16-17-42(25)30-10-7-22(18-29(30)32(43)39-15-12-36)26-6-5-13-40-33(26)45-4-2/h5-11,13-14,18-20,25H,3-4,12,15-17,21,36H2,1-2H3,(H2,37,38)(H,39,43)/t25-/m1/s1. The summed E-state index contributed by atoms with van der Waals surface area (Å²) < 4.78 is 20.1. The number of hydrogen-bond acceptors (Lipinski definition) is 8. The van der Waals surface area contributed by atoms with E-state index in [2.05, 4.69) is 27.1 Å². The first-order valence-corrected chi connectivity index (χ1v) is 15.1. The SMILES string of the molecule is CCOc1ncccc1-c1ccc(N2CCN(C(=O)c3ccc(F)cc3-c3ccnc(N)c3)C[C@H]2CC)c(C(=O)NCCN)c1. The number of benzene rings is 2. The van der Waals surface area contributed by atoms with Gasteiger partial charge in [-0.15, -0.1) is 0 Å². The molecule has 2 aromatic heterocycles. The van der Waals surface area contributed by atoms with Crippen molar-refractivity contribution in [2.45, 2.75) is 26.3 Å². The lowest BCUT2D eigenvalue weighted by atomic mass is 9.97. The molecule has 1 atom stereocenters. The third-order valence-electron chi connectivity index (χ3n) is 7.89. The Morgan fingerprint density at radius 1 is 0.978 bits per heavy atom. The number of carbonyl (C=O) groups is 2. The normalized spacial score (nSPS) is 14.7. The van der Waals surface area contributed by atoms with Crippen molar-refractivity contribution in [1.82, 2.24) is 20.2 Å². The zero-order valence-electron chi connectivity index (χ0n) is 25.5. The van der Waals surface area contributed by atoms with Crippen LogP contribution in [0.1, 0.15) is 41.0 Å². The van der Waals surface area contributed by atoms with E-state index in [9.17, 15) is 14.0 Å². The molecule has 0 saturated carbocycles. The molecule has 5 rings (SSSR count). The molecule has 10 nitrogen and oxygen atoms in total. The summed E-state index contributed by atoms with van der Waals surface area (Å²) in [6.07, 6.45) is 3.93. The molecule has 1 aliphatic rings. The minimum atomic E-state index is -0.447. The van der Waals surface area contributed by atoms with E-state index in [4.69, 9.17) is 16.2 Å². The number of nitrogen functional groups attached to an aromatic ring is 1. The number of amides is 2. The van der Waals surface area contributed by atoms with Crippen molar-refractivity contribution in [3.05, 3.63) is 90.0 Å². The van der Waals surface area contributed by atoms with Crippen LogP contribution < -0.4 is 26.4 Å². The molecule has 0 bridgehead atoms. The highest BCUT2D eigenvalue weighted by Crippen LogP contribution is 2.35. The van der Waals surface area contributed by atoms with E-state index in [0.29, 0.717) is 67.5 Å². The van der Waals surface area contributed by atoms with E-state index in [1.165, 1.54) is 24.4 Å². The maximum atomic E-state index is 14.3. The molecule has 0 radical (unpaired) electrons. The highest BCUT2D eigenvalue weighted by Gasteiger charge is 2.32. The van der Waals surface area contributed by atoms with Gasteiger partial charge >= 0.3 is 0 Å². The highest BCUT2D eigenvalue weighted by atomic mass is 19.1. The van der Waals surface area contributed by atoms with Crippen LogP contribution in [0.4, 0.5) is 15.9 Å². The first kappa shape index (κ1) is 31.4. The van der Waals surface area contributed by atoms with E-state index in [0.717, 1.165) is 23.2 Å². The van der Waals surface area contributed by atoms with Crippen molar-refractivity contribution >= 4 is 23.3 Å². The Balaban J connectivity index is 1.46. The van der Waals surface area contributed by atoms with Gasteiger partial charge < -0.3 is 31.3 Å². The Labute approximate surface area is 262 Å². The van der Waals surface area contributed by atoms with Crippen molar-refractivity contribution in [1.29, 1.82) is 0 Å². The van der Waals surface area contributed by atoms with Crippen LogP contribution in [-0.2, 0) is 0 Å². The zero-order chi connectivity index (χ0) is 31.9. The predicted molar refractivity (Wildman–Crippen MR) is 174 cm³/mol. The van der Waals surface area contributed by atoms with E-state index in [1.807, 2.05) is 37.3 Å². The number of nitrogens with two attached hydrogens (primary N) is 2. The Bertz CT molecular complexity index is 1680. The average Bonchev–Trinajstić information content (AvgIpc) is 3.06. The molecule has 0 spiro atoms. The molecular formula is C34H38FN7O3. The third kappa shape index (κ3) is 6.88. The van der Waals surface area contributed by atoms with Crippen LogP contribution in [0.5, 0.6) is 5.88 Å². The molecule has 1 saturated heterocycles. The van der Waals surface area contributed by atoms with E-state index >= 15 is 0 Å². The van der Waals surface area contributed by atoms with Gasteiger partial charge in [0.15, 0.2) is 0 Å². The molecule has 2 aromatic carbocycles. The molecule has 2 amide bonds. The molecule has 234 valence electrons. The van der Waals surface area contributed by atoms with Gasteiger partial charge in [-0.25, -0.2) is 14.4 Å². The van der Waals surface area contributed by atoms with E-state index < -0.39 is 5.82 Å². The Morgan fingerprint density at radius 3 is 2.56 bits per heavy atom. The minimum absolute atomic E-state index is 0.0764. The predicted octanol–water partition coefficient (Wildman–Crippen LogP) is 4.36. The van der Waals surface area contributed by atoms with Crippen molar-refractivity contribution in [2.24, 2.45) is 5.73 Å². The van der Waals surface area contributed by atoms with Gasteiger partial charge in [-0.1, -0.05) is 13.0 Å². The average molecular weight is 612 g/mol. The molecule has 45 heavy (non-hydrogen) atoms. The monoisotopic (exact) mass is 611 g/mol. The fraction of sp³-hybridized carbons (Fsp3) is 0.294. The van der Waals surface area contributed by atoms with Crippen LogP contribution in [0.25, 0.3) is 22.3 Å². The minimum Gasteiger partial charge on any atom is -0.478 e. The van der Waals surface area contributed by atoms with Gasteiger partial charge in [-0.3, -0.25) is 9.59 Å². The number of carbonyl (C=O) groups excluding carboxylic acids is 2. The Hall–Kier alpha value is -5.03. The molecule has 4 aromatic rings. The van der Waals surface area contributed by atoms with Crippen molar-refractivity contribution < 1.29 is 18.7 Å². The smallest absolute Gasteiger partial charge is 0.254 e. The van der Waals surface area contributed by atoms with E-state index in [1.54, 1.807) is 23.2 Å². The molecular weight excluding hydrogens is 573 g/mol. The van der Waals surface area contributed by atoms with Crippen LogP contribution in [0.3, 0.4) is 0 Å². The molecule has 11 heteroatoms. The summed E-state index contributed by atoms with van der Waals surface area (Å²) in [5, 5.41) is 2.91. The van der Waals surface area contributed by atoms with Gasteiger partial charge in [0.25, 0.3) is 11.8 Å². The zero-order valence-corrected chi connectivity index (χ0v) is 25.5. The lowest BCUT2D eigenvalue weighted by Gasteiger charge is -2.43. The number of nitrogens with one attached hydrogen (secondary N) is 1. The van der Waals surface area contributed by atoms with Crippen LogP contribution in [0, 0.1) is 5.82 Å². The summed E-state index contributed by atoms with van der Waals surface area (Å²) >= 11 is 0. The fourth-order valence-corrected chi connectivity index (χ4v) is 5.71. The lowest BCUT2D eigenvalue weighted by molar-refractivity contribution is 0.0720. The molecule has 1 fully saturated rings. The van der Waals surface area contributed by atoms with Gasteiger partial charge in [-0.05, 0) is 84.6 Å². The number of aromatic nitrogens is 2. The number of nitrogens with zero attached hydrogens (tertiary/aromatic N) is 4. The van der Waals surface area contributed by atoms with Crippen molar-refractivity contribution in [3.8, 4) is 28.1 Å². The summed E-state index contributed by atoms with van der Waals surface area (Å²) in [5.74, 6) is -0.106. The summed E-state index contributed by atoms with van der Waals surface area (Å²) in [6.45, 7) is 6.39. The third-order valence-corrected chi connectivity index (χ3v) is 7.89. The maximum absolute atomic E-state index is 14.3. The number of rotatable bonds is 10. The van der Waals surface area contributed by atoms with Gasteiger partial charge in [0, 0.05) is 68.0 Å². The maximum Gasteiger partial charge on any atom is 0.254 e. The number of anilines is 2. The van der Waals surface area contributed by atoms with Crippen LogP contribution >= 0.6 is 0 Å². The second-order valence-electron chi connectivity index (χ2n) is 10.7. The van der Waals surface area contributed by atoms with Crippen molar-refractivity contribution in [3.63, 3.8) is 0 Å². The number of piperazine rings is 1. The summed E-state index contributed by atoms with van der Waals surface area (Å²) in [5.41, 5.74) is 15.9. The highest BCUT2D eigenvalue weighted by molar-refractivity contribution is 6.02. The summed E-state index contributed by atoms with van der Waals surface area (Å²) in [4.78, 5) is 39.8. The van der Waals surface area contributed by atoms with Crippen LogP contribution in [-0.4, -0.2) is 72.1 Å². The molecule has 1 aliphatic heterocycles. The van der Waals surface area contributed by atoms with Crippen molar-refractivity contribution in [2.75, 3.05) is 50.0 Å². The number of halogens is 1. The Morgan fingerprint density at radius 2 is 1.80 bits per heavy atom. The Kier molecular flexibility index (Phi) is 9.89. The molecule has 0 aliphatic carbocycles. The second-order valence-corrected chi connectivity index (χ2v) is 10.7. The van der Waals surface area contributed by atoms with E-state index in [-0.39, 0.29) is 23.7 Å². The lowest BCUT2D eigenvalue weighted by Crippen LogP contribution is -2.55. The first-order chi connectivity index (χ1) is 21.8. The summed E-state index contributed by atoms with van der Waals surface area (Å²) in [7, 11) is 0. The largest absolute Gasteiger partial charge is 0.478 e. The topological polar surface area (TPSA) is 140 Å². The van der Waals surface area contributed by atoms with Gasteiger partial charge in [0.05, 0.1) is 12.2 Å². The summed E-state index contributed by atoms with van der Waals surface area (Å²) in [6, 6.07) is 16.9. The number of ether oxygens (including phenoxy) is 1. The van der Waals surface area contributed by atoms with Gasteiger partial charge in [-0.2, -0.15) is 0 Å². The second kappa shape index (κ2) is 14.2. The molecule has 0 unspecified atom stereocenters.